The average molecular weight is 721 g/mol. The number of amidine groups is 1. The Balaban J connectivity index is 0.00000230. The van der Waals surface area contributed by atoms with E-state index in [1.807, 2.05) is 49.9 Å². The smallest absolute Gasteiger partial charge is 0.557 e. The molecule has 5 rings (SSSR count). The van der Waals surface area contributed by atoms with Crippen molar-refractivity contribution < 1.29 is 66.1 Å². The first-order valence-corrected chi connectivity index (χ1v) is 19.2. The van der Waals surface area contributed by atoms with Crippen molar-refractivity contribution in [2.24, 2.45) is 16.8 Å². The fourth-order valence-electron chi connectivity index (χ4n) is 6.56. The number of aryl methyl sites for hydroxylation is 2. The Bertz CT molecular complexity index is 1610. The van der Waals surface area contributed by atoms with Gasteiger partial charge in [-0.3, -0.25) is 4.79 Å². The Hall–Kier alpha value is -2.04. The SMILES string of the molecule is C/C=C1/C(=O)C([N-]OC2CC2C)=CN(c2ccc3c(c2)CCC3)/C1=N/C(Nc1cccc(C(O)(CCC)CCC(C)CC)c1)=C(\C)CC.CC.[K+]. The molecule has 1 heterocycles. The molecule has 272 valence electrons. The number of Topliss-reactive ketones (excluding diaryl/α,β-unsaturated/α-hetero) is 1. The number of carbonyl (C=O) groups excluding carboxylic acids is 1. The molecule has 51 heavy (non-hydrogen) atoms. The summed E-state index contributed by atoms with van der Waals surface area (Å²) in [5.41, 5.74) is 10.7. The third-order valence-corrected chi connectivity index (χ3v) is 10.4. The van der Waals surface area contributed by atoms with Crippen LogP contribution < -0.4 is 61.6 Å². The molecule has 0 radical (unpaired) electrons. The standard InChI is InChI=1S/C41H55N4O3.C2H6.K/c1-8-21-41(47,22-20-27(5)9-2)32-16-13-17-33(25-32)42-39(28(6)10-3)43-40-35(11-4)38(46)36(44-48-37-23-29(37)7)26-45(40)34-19-18-30-14-12-15-31(30)24-34;1-2;/h11,13,16-19,24-27,29,37,42,47H,8-10,12,14-15,20-23H2,1-7H3;1-2H3;/q-1;;+1/b35-11-,39-28+,43-40+;;. The van der Waals surface area contributed by atoms with Crippen LogP contribution in [0.1, 0.15) is 130 Å². The average Bonchev–Trinajstić information content (AvgIpc) is 3.64. The molecule has 2 N–H and O–H groups in total. The van der Waals surface area contributed by atoms with Crippen LogP contribution in [-0.4, -0.2) is 22.8 Å². The van der Waals surface area contributed by atoms with Gasteiger partial charge in [0.15, 0.2) is 5.78 Å². The quantitative estimate of drug-likeness (QED) is 0.110. The minimum atomic E-state index is -0.894. The zero-order chi connectivity index (χ0) is 36.4. The molecule has 1 saturated carbocycles. The van der Waals surface area contributed by atoms with Gasteiger partial charge in [-0.25, -0.2) is 4.99 Å². The van der Waals surface area contributed by atoms with Crippen LogP contribution in [0.2, 0.25) is 0 Å². The Labute approximate surface area is 350 Å². The van der Waals surface area contributed by atoms with Crippen molar-refractivity contribution in [2.45, 2.75) is 138 Å². The third-order valence-electron chi connectivity index (χ3n) is 10.4. The number of ketones is 1. The summed E-state index contributed by atoms with van der Waals surface area (Å²) in [6.07, 6.45) is 13.1. The number of aliphatic hydroxyl groups is 1. The second-order valence-electron chi connectivity index (χ2n) is 14.1. The molecule has 0 amide bonds. The second kappa shape index (κ2) is 20.4. The molecular weight excluding hydrogens is 660 g/mol. The molecule has 0 aromatic heterocycles. The molecular formula is C43H61KN4O3. The van der Waals surface area contributed by atoms with Crippen LogP contribution in [0.5, 0.6) is 0 Å². The fourth-order valence-corrected chi connectivity index (χ4v) is 6.56. The summed E-state index contributed by atoms with van der Waals surface area (Å²) in [5.74, 6) is 2.03. The summed E-state index contributed by atoms with van der Waals surface area (Å²) in [6.45, 7) is 18.8. The summed E-state index contributed by atoms with van der Waals surface area (Å²) >= 11 is 0. The predicted molar refractivity (Wildman–Crippen MR) is 209 cm³/mol. The fraction of sp³-hybridized carbons (Fsp3) is 0.535. The van der Waals surface area contributed by atoms with E-state index in [2.05, 4.69) is 76.6 Å². The van der Waals surface area contributed by atoms with Crippen LogP contribution in [0.15, 0.2) is 82.4 Å². The van der Waals surface area contributed by atoms with Crippen LogP contribution in [0, 0.1) is 11.8 Å². The van der Waals surface area contributed by atoms with Crippen molar-refractivity contribution in [3.8, 4) is 0 Å². The number of nitrogens with one attached hydrogen (secondary N) is 1. The minimum absolute atomic E-state index is 0. The van der Waals surface area contributed by atoms with Crippen molar-refractivity contribution in [1.29, 1.82) is 0 Å². The molecule has 3 aliphatic rings. The molecule has 2 aromatic carbocycles. The molecule has 1 fully saturated rings. The normalized spacial score (nSPS) is 21.8. The Morgan fingerprint density at radius 3 is 2.51 bits per heavy atom. The molecule has 4 unspecified atom stereocenters. The maximum atomic E-state index is 13.9. The summed E-state index contributed by atoms with van der Waals surface area (Å²) in [5, 5.41) is 15.5. The zero-order valence-corrected chi connectivity index (χ0v) is 36.2. The van der Waals surface area contributed by atoms with Gasteiger partial charge in [0.1, 0.15) is 11.7 Å². The van der Waals surface area contributed by atoms with Crippen LogP contribution in [-0.2, 0) is 28.1 Å². The van der Waals surface area contributed by atoms with Crippen LogP contribution in [0.25, 0.3) is 5.48 Å². The molecule has 7 nitrogen and oxygen atoms in total. The van der Waals surface area contributed by atoms with E-state index in [0.29, 0.717) is 35.5 Å². The van der Waals surface area contributed by atoms with Crippen molar-refractivity contribution in [2.75, 3.05) is 10.2 Å². The maximum absolute atomic E-state index is 13.9. The number of hydrogen-bond acceptors (Lipinski definition) is 5. The molecule has 2 aromatic rings. The number of hydrogen-bond donors (Lipinski definition) is 2. The number of allylic oxidation sites excluding steroid dienone is 3. The van der Waals surface area contributed by atoms with Crippen molar-refractivity contribution in [3.05, 3.63) is 99.6 Å². The van der Waals surface area contributed by atoms with E-state index >= 15 is 0 Å². The van der Waals surface area contributed by atoms with Gasteiger partial charge >= 0.3 is 51.4 Å². The van der Waals surface area contributed by atoms with E-state index in [0.717, 1.165) is 80.3 Å². The van der Waals surface area contributed by atoms with E-state index in [-0.39, 0.29) is 69.0 Å². The first-order chi connectivity index (χ1) is 24.1. The molecule has 1 aliphatic heterocycles. The van der Waals surface area contributed by atoms with Crippen molar-refractivity contribution in [1.82, 2.24) is 0 Å². The first-order valence-electron chi connectivity index (χ1n) is 19.2. The zero-order valence-electron chi connectivity index (χ0n) is 33.1. The number of benzene rings is 2. The van der Waals surface area contributed by atoms with Gasteiger partial charge in [-0.2, -0.15) is 0 Å². The summed E-state index contributed by atoms with van der Waals surface area (Å²) in [4.78, 5) is 26.9. The number of hydroxylamine groups is 1. The number of aliphatic imine (C=N–C) groups is 1. The van der Waals surface area contributed by atoms with E-state index < -0.39 is 5.60 Å². The van der Waals surface area contributed by atoms with Crippen molar-refractivity contribution >= 4 is 23.0 Å². The van der Waals surface area contributed by atoms with Gasteiger partial charge < -0.3 is 25.6 Å². The van der Waals surface area contributed by atoms with E-state index in [1.54, 1.807) is 6.20 Å². The van der Waals surface area contributed by atoms with Gasteiger partial charge in [-0.05, 0) is 124 Å². The molecule has 0 saturated heterocycles. The molecule has 2 aliphatic carbocycles. The predicted octanol–water partition coefficient (Wildman–Crippen LogP) is 8.06. The molecule has 8 heteroatoms. The minimum Gasteiger partial charge on any atom is -0.557 e. The Morgan fingerprint density at radius 1 is 1.14 bits per heavy atom. The number of fused-ring (bicyclic) bond motifs is 1. The molecule has 4 atom stereocenters. The third kappa shape index (κ3) is 11.0. The van der Waals surface area contributed by atoms with E-state index in [1.165, 1.54) is 11.1 Å². The summed E-state index contributed by atoms with van der Waals surface area (Å²) < 4.78 is 0. The van der Waals surface area contributed by atoms with Gasteiger partial charge in [-0.15, -0.1) is 0 Å². The maximum Gasteiger partial charge on any atom is 1.00 e. The van der Waals surface area contributed by atoms with Crippen LogP contribution in [0.3, 0.4) is 0 Å². The number of anilines is 2. The van der Waals surface area contributed by atoms with Gasteiger partial charge in [-0.1, -0.05) is 91.3 Å². The van der Waals surface area contributed by atoms with Crippen LogP contribution in [0.4, 0.5) is 11.4 Å². The summed E-state index contributed by atoms with van der Waals surface area (Å²) in [7, 11) is 0. The Kier molecular flexibility index (Phi) is 17.4. The summed E-state index contributed by atoms with van der Waals surface area (Å²) in [6, 6.07) is 14.6. The number of rotatable bonds is 15. The number of carbonyl (C=O) groups is 1. The largest absolute Gasteiger partial charge is 1.00 e. The van der Waals surface area contributed by atoms with Gasteiger partial charge in [0.2, 0.25) is 0 Å². The second-order valence-corrected chi connectivity index (χ2v) is 14.1. The molecule has 0 spiro atoms. The number of nitrogens with zero attached hydrogens (tertiary/aromatic N) is 3. The van der Waals surface area contributed by atoms with E-state index in [9.17, 15) is 9.90 Å². The van der Waals surface area contributed by atoms with E-state index in [4.69, 9.17) is 9.83 Å². The van der Waals surface area contributed by atoms with Gasteiger partial charge in [0.05, 0.1) is 11.2 Å². The van der Waals surface area contributed by atoms with Gasteiger partial charge in [0.25, 0.3) is 0 Å². The first kappa shape index (κ1) is 43.4. The van der Waals surface area contributed by atoms with Gasteiger partial charge in [0, 0.05) is 23.7 Å². The Morgan fingerprint density at radius 2 is 1.86 bits per heavy atom. The van der Waals surface area contributed by atoms with Crippen molar-refractivity contribution in [3.63, 3.8) is 0 Å². The topological polar surface area (TPSA) is 88.3 Å². The molecule has 0 bridgehead atoms. The monoisotopic (exact) mass is 720 g/mol. The van der Waals surface area contributed by atoms with Crippen LogP contribution >= 0.6 is 0 Å².